The van der Waals surface area contributed by atoms with E-state index in [0.717, 1.165) is 9.13 Å². The molecule has 0 radical (unpaired) electrons. The predicted octanol–water partition coefficient (Wildman–Crippen LogP) is 2.51. The average molecular weight is 414 g/mol. The summed E-state index contributed by atoms with van der Waals surface area (Å²) in [6.07, 6.45) is -0.164. The molecular weight excluding hydrogens is 395 g/mol. The molecule has 0 aliphatic heterocycles. The van der Waals surface area contributed by atoms with Crippen LogP contribution in [0.2, 0.25) is 0 Å². The van der Waals surface area contributed by atoms with Crippen LogP contribution in [0.25, 0.3) is 0 Å². The van der Waals surface area contributed by atoms with Crippen LogP contribution in [-0.4, -0.2) is 28.1 Å². The van der Waals surface area contributed by atoms with Crippen LogP contribution in [0.15, 0.2) is 24.3 Å². The molecule has 0 spiro atoms. The smallest absolute Gasteiger partial charge is 0.146 e. The van der Waals surface area contributed by atoms with E-state index in [4.69, 9.17) is 0 Å². The second kappa shape index (κ2) is 6.20. The maximum Gasteiger partial charge on any atom is 0.146 e. The summed E-state index contributed by atoms with van der Waals surface area (Å²) in [7, 11) is 0. The van der Waals surface area contributed by atoms with Gasteiger partial charge < -0.3 is 5.11 Å². The number of ketones is 3. The van der Waals surface area contributed by atoms with Gasteiger partial charge in [0.15, 0.2) is 0 Å². The maximum absolute atomic E-state index is 12.4. The first-order valence-corrected chi connectivity index (χ1v) is 8.24. The van der Waals surface area contributed by atoms with Crippen LogP contribution in [0.1, 0.15) is 38.7 Å². The summed E-state index contributed by atoms with van der Waals surface area (Å²) >= 11 is 2.17. The lowest BCUT2D eigenvalue weighted by atomic mass is 9.60. The van der Waals surface area contributed by atoms with E-state index in [2.05, 4.69) is 22.6 Å². The number of benzene rings is 1. The van der Waals surface area contributed by atoms with Gasteiger partial charge >= 0.3 is 0 Å². The van der Waals surface area contributed by atoms with Crippen LogP contribution in [0, 0.1) is 15.4 Å². The standard InChI is InChI=1S/C17H19IO4/c1-9(19)14-13(21)8-17(3,22)16(10(2)20)15(14)11-4-6-12(18)7-5-11/h4-7,14-16,22H,8H2,1-3H3. The zero-order chi connectivity index (χ0) is 16.7. The lowest BCUT2D eigenvalue weighted by molar-refractivity contribution is -0.151. The minimum atomic E-state index is -1.43. The Hall–Kier alpha value is -1.08. The van der Waals surface area contributed by atoms with Crippen LogP contribution >= 0.6 is 22.6 Å². The van der Waals surface area contributed by atoms with Crippen molar-refractivity contribution in [2.45, 2.75) is 38.7 Å². The summed E-state index contributed by atoms with van der Waals surface area (Å²) in [5, 5.41) is 10.6. The van der Waals surface area contributed by atoms with Crippen LogP contribution in [-0.2, 0) is 14.4 Å². The van der Waals surface area contributed by atoms with E-state index >= 15 is 0 Å². The molecule has 118 valence electrons. The van der Waals surface area contributed by atoms with Gasteiger partial charge in [-0.3, -0.25) is 14.4 Å². The highest BCUT2D eigenvalue weighted by Crippen LogP contribution is 2.46. The number of carbonyl (C=O) groups excluding carboxylic acids is 3. The van der Waals surface area contributed by atoms with Crippen molar-refractivity contribution in [2.24, 2.45) is 11.8 Å². The molecule has 4 nitrogen and oxygen atoms in total. The monoisotopic (exact) mass is 414 g/mol. The van der Waals surface area contributed by atoms with E-state index in [1.54, 1.807) is 0 Å². The molecule has 1 fully saturated rings. The zero-order valence-corrected chi connectivity index (χ0v) is 15.0. The van der Waals surface area contributed by atoms with E-state index in [0.29, 0.717) is 0 Å². The topological polar surface area (TPSA) is 71.4 Å². The molecule has 5 heteroatoms. The molecule has 0 saturated heterocycles. The summed E-state index contributed by atoms with van der Waals surface area (Å²) in [5.41, 5.74) is -0.683. The average Bonchev–Trinajstić information content (AvgIpc) is 2.36. The molecule has 0 aromatic heterocycles. The fourth-order valence-corrected chi connectivity index (χ4v) is 3.95. The first-order chi connectivity index (χ1) is 10.1. The summed E-state index contributed by atoms with van der Waals surface area (Å²) in [6, 6.07) is 7.40. The molecule has 2 rings (SSSR count). The SMILES string of the molecule is CC(=O)C1C(=O)CC(C)(O)C(C(C)=O)C1c1ccc(I)cc1. The number of halogens is 1. The van der Waals surface area contributed by atoms with Gasteiger partial charge in [0.1, 0.15) is 17.3 Å². The third-order valence-electron chi connectivity index (χ3n) is 4.40. The first-order valence-electron chi connectivity index (χ1n) is 7.16. The Kier molecular flexibility index (Phi) is 4.87. The molecule has 0 heterocycles. The van der Waals surface area contributed by atoms with Crippen molar-refractivity contribution in [1.29, 1.82) is 0 Å². The predicted molar refractivity (Wildman–Crippen MR) is 90.5 cm³/mol. The van der Waals surface area contributed by atoms with Crippen molar-refractivity contribution in [3.63, 3.8) is 0 Å². The van der Waals surface area contributed by atoms with Crippen molar-refractivity contribution < 1.29 is 19.5 Å². The molecule has 4 atom stereocenters. The number of hydrogen-bond acceptors (Lipinski definition) is 4. The zero-order valence-electron chi connectivity index (χ0n) is 12.8. The van der Waals surface area contributed by atoms with Crippen molar-refractivity contribution >= 4 is 39.9 Å². The molecule has 1 saturated carbocycles. The molecular formula is C17H19IO4. The molecule has 1 aliphatic carbocycles. The fourth-order valence-electron chi connectivity index (χ4n) is 3.59. The molecule has 1 aromatic carbocycles. The summed E-state index contributed by atoms with van der Waals surface area (Å²) in [4.78, 5) is 36.6. The molecule has 0 amide bonds. The summed E-state index contributed by atoms with van der Waals surface area (Å²) in [5.74, 6) is -2.99. The second-order valence-electron chi connectivity index (χ2n) is 6.25. The third kappa shape index (κ3) is 3.15. The van der Waals surface area contributed by atoms with Gasteiger partial charge in [-0.2, -0.15) is 0 Å². The fraction of sp³-hybridized carbons (Fsp3) is 0.471. The number of Topliss-reactive ketones (excluding diaryl/α,β-unsaturated/α-hetero) is 3. The van der Waals surface area contributed by atoms with E-state index in [9.17, 15) is 19.5 Å². The van der Waals surface area contributed by atoms with Gasteiger partial charge in [-0.05, 0) is 61.1 Å². The number of rotatable bonds is 3. The lowest BCUT2D eigenvalue weighted by Gasteiger charge is -2.44. The van der Waals surface area contributed by atoms with Crippen molar-refractivity contribution in [1.82, 2.24) is 0 Å². The van der Waals surface area contributed by atoms with Crippen LogP contribution in [0.3, 0.4) is 0 Å². The Morgan fingerprint density at radius 2 is 1.73 bits per heavy atom. The van der Waals surface area contributed by atoms with Gasteiger partial charge in [0.2, 0.25) is 0 Å². The Morgan fingerprint density at radius 3 is 2.18 bits per heavy atom. The molecule has 0 bridgehead atoms. The van der Waals surface area contributed by atoms with Gasteiger partial charge in [-0.15, -0.1) is 0 Å². The minimum Gasteiger partial charge on any atom is -0.389 e. The molecule has 1 N–H and O–H groups in total. The summed E-state index contributed by atoms with van der Waals surface area (Å²) in [6.45, 7) is 4.29. The summed E-state index contributed by atoms with van der Waals surface area (Å²) < 4.78 is 1.02. The highest BCUT2D eigenvalue weighted by Gasteiger charge is 2.53. The normalized spacial score (nSPS) is 31.9. The number of hydrogen-bond donors (Lipinski definition) is 1. The van der Waals surface area contributed by atoms with Crippen LogP contribution in [0.4, 0.5) is 0 Å². The van der Waals surface area contributed by atoms with E-state index in [1.165, 1.54) is 20.8 Å². The molecule has 1 aromatic rings. The highest BCUT2D eigenvalue weighted by molar-refractivity contribution is 14.1. The van der Waals surface area contributed by atoms with E-state index in [1.807, 2.05) is 24.3 Å². The Bertz CT molecular complexity index is 618. The van der Waals surface area contributed by atoms with E-state index < -0.39 is 23.4 Å². The first kappa shape index (κ1) is 17.3. The van der Waals surface area contributed by atoms with E-state index in [-0.39, 0.29) is 23.8 Å². The van der Waals surface area contributed by atoms with Crippen molar-refractivity contribution in [2.75, 3.05) is 0 Å². The van der Waals surface area contributed by atoms with Gasteiger partial charge in [0.05, 0.1) is 17.4 Å². The molecule has 1 aliphatic rings. The van der Waals surface area contributed by atoms with Gasteiger partial charge in [0, 0.05) is 15.9 Å². The molecule has 22 heavy (non-hydrogen) atoms. The molecule has 4 unspecified atom stereocenters. The van der Waals surface area contributed by atoms with Crippen LogP contribution < -0.4 is 0 Å². The number of aliphatic hydroxyl groups is 1. The Labute approximate surface area is 143 Å². The van der Waals surface area contributed by atoms with Gasteiger partial charge in [-0.1, -0.05) is 12.1 Å². The Morgan fingerprint density at radius 1 is 1.18 bits per heavy atom. The van der Waals surface area contributed by atoms with Crippen molar-refractivity contribution in [3.05, 3.63) is 33.4 Å². The second-order valence-corrected chi connectivity index (χ2v) is 7.50. The lowest BCUT2D eigenvalue weighted by Crippen LogP contribution is -2.53. The maximum atomic E-state index is 12.4. The quantitative estimate of drug-likeness (QED) is 0.610. The third-order valence-corrected chi connectivity index (χ3v) is 5.12. The highest BCUT2D eigenvalue weighted by atomic mass is 127. The number of carbonyl (C=O) groups is 3. The minimum absolute atomic E-state index is 0.164. The Balaban J connectivity index is 2.61. The van der Waals surface area contributed by atoms with Crippen molar-refractivity contribution in [3.8, 4) is 0 Å². The van der Waals surface area contributed by atoms with Gasteiger partial charge in [-0.25, -0.2) is 0 Å². The van der Waals surface area contributed by atoms with Crippen LogP contribution in [0.5, 0.6) is 0 Å². The van der Waals surface area contributed by atoms with Gasteiger partial charge in [0.25, 0.3) is 0 Å². The largest absolute Gasteiger partial charge is 0.389 e.